The van der Waals surface area contributed by atoms with E-state index in [2.05, 4.69) is 51.8 Å². The van der Waals surface area contributed by atoms with Crippen molar-refractivity contribution in [2.45, 2.75) is 91.4 Å². The number of pyridine rings is 1. The molecule has 0 saturated heterocycles. The fourth-order valence-electron chi connectivity index (χ4n) is 4.73. The van der Waals surface area contributed by atoms with E-state index in [0.717, 1.165) is 28.8 Å². The number of anilines is 1. The predicted octanol–water partition coefficient (Wildman–Crippen LogP) is 4.38. The average molecular weight is 497 g/mol. The first kappa shape index (κ1) is 26.5. The molecule has 1 aliphatic rings. The van der Waals surface area contributed by atoms with Gasteiger partial charge in [-0.1, -0.05) is 41.5 Å². The van der Waals surface area contributed by atoms with Gasteiger partial charge in [0.1, 0.15) is 23.5 Å². The zero-order valence-electron chi connectivity index (χ0n) is 22.5. The molecule has 1 fully saturated rings. The summed E-state index contributed by atoms with van der Waals surface area (Å²) in [5.74, 6) is 1.50. The summed E-state index contributed by atoms with van der Waals surface area (Å²) >= 11 is 0. The van der Waals surface area contributed by atoms with Gasteiger partial charge in [-0.05, 0) is 37.3 Å². The van der Waals surface area contributed by atoms with E-state index in [4.69, 9.17) is 14.4 Å². The minimum Gasteiger partial charge on any atom is -0.454 e. The zero-order chi connectivity index (χ0) is 26.4. The Morgan fingerprint density at radius 3 is 2.39 bits per heavy atom. The quantitative estimate of drug-likeness (QED) is 0.396. The summed E-state index contributed by atoms with van der Waals surface area (Å²) < 4.78 is 6.22. The Bertz CT molecular complexity index is 1220. The molecule has 3 aromatic heterocycles. The Labute approximate surface area is 213 Å². The van der Waals surface area contributed by atoms with Crippen molar-refractivity contribution in [1.29, 1.82) is 0 Å². The normalized spacial score (nSPS) is 22.9. The van der Waals surface area contributed by atoms with Crippen LogP contribution in [0.5, 0.6) is 0 Å². The molecule has 0 amide bonds. The Kier molecular flexibility index (Phi) is 7.16. The van der Waals surface area contributed by atoms with Gasteiger partial charge in [-0.15, -0.1) is 0 Å². The fraction of sp³-hybridized carbons (Fsp3) is 0.607. The van der Waals surface area contributed by atoms with E-state index in [9.17, 15) is 15.3 Å². The van der Waals surface area contributed by atoms with Crippen LogP contribution in [0.3, 0.4) is 0 Å². The van der Waals surface area contributed by atoms with E-state index in [1.807, 2.05) is 19.1 Å². The zero-order valence-corrected chi connectivity index (χ0v) is 22.5. The molecule has 4 N–H and O–H groups in total. The number of rotatable bonds is 6. The lowest BCUT2D eigenvalue weighted by molar-refractivity contribution is 0.00446. The molecule has 3 heterocycles. The molecule has 0 aliphatic heterocycles. The summed E-state index contributed by atoms with van der Waals surface area (Å²) in [6.07, 6.45) is 1.81. The van der Waals surface area contributed by atoms with Crippen LogP contribution in [0.15, 0.2) is 22.7 Å². The molecule has 0 spiro atoms. The lowest BCUT2D eigenvalue weighted by Crippen LogP contribution is -2.35. The number of furan rings is 1. The Morgan fingerprint density at radius 1 is 1.06 bits per heavy atom. The van der Waals surface area contributed by atoms with Gasteiger partial charge in [0.25, 0.3) is 0 Å². The van der Waals surface area contributed by atoms with Gasteiger partial charge in [0.05, 0.1) is 29.6 Å². The van der Waals surface area contributed by atoms with Crippen LogP contribution < -0.4 is 5.32 Å². The average Bonchev–Trinajstić information content (AvgIpc) is 3.31. The van der Waals surface area contributed by atoms with Gasteiger partial charge in [-0.25, -0.2) is 9.97 Å². The summed E-state index contributed by atoms with van der Waals surface area (Å²) in [6.45, 7) is 14.7. The lowest BCUT2D eigenvalue weighted by atomic mass is 9.90. The van der Waals surface area contributed by atoms with Crippen LogP contribution in [-0.4, -0.2) is 55.1 Å². The van der Waals surface area contributed by atoms with Crippen molar-refractivity contribution >= 4 is 16.8 Å². The Balaban J connectivity index is 1.77. The number of nitrogens with zero attached hydrogens (tertiary/aromatic N) is 3. The first-order valence-electron chi connectivity index (χ1n) is 12.8. The molecule has 36 heavy (non-hydrogen) atoms. The highest BCUT2D eigenvalue weighted by atomic mass is 16.3. The third kappa shape index (κ3) is 5.56. The summed E-state index contributed by atoms with van der Waals surface area (Å²) in [4.78, 5) is 14.2. The summed E-state index contributed by atoms with van der Waals surface area (Å²) in [5, 5.41) is 34.9. The molecule has 1 saturated carbocycles. The van der Waals surface area contributed by atoms with Gasteiger partial charge >= 0.3 is 0 Å². The van der Waals surface area contributed by atoms with E-state index in [1.165, 1.54) is 0 Å². The number of aliphatic hydroxyl groups is 3. The van der Waals surface area contributed by atoms with E-state index < -0.39 is 24.2 Å². The maximum Gasteiger partial charge on any atom is 0.153 e. The SMILES string of the molecule is Cc1nc(CCC(C)(C)C)nc(N[C@@H]2C[C@H](CO)[C@@H](O)[C@H]2O)c1-c1cc2cc(C(C)(C)C)ncc2o1. The third-order valence-electron chi connectivity index (χ3n) is 7.01. The molecule has 0 radical (unpaired) electrons. The molecule has 0 aromatic carbocycles. The molecule has 0 bridgehead atoms. The highest BCUT2D eigenvalue weighted by Crippen LogP contribution is 2.37. The van der Waals surface area contributed by atoms with E-state index >= 15 is 0 Å². The lowest BCUT2D eigenvalue weighted by Gasteiger charge is -2.22. The summed E-state index contributed by atoms with van der Waals surface area (Å²) in [5.41, 5.74) is 3.19. The monoisotopic (exact) mass is 496 g/mol. The van der Waals surface area contributed by atoms with Crippen LogP contribution in [-0.2, 0) is 11.8 Å². The van der Waals surface area contributed by atoms with Crippen LogP contribution >= 0.6 is 0 Å². The fourth-order valence-corrected chi connectivity index (χ4v) is 4.73. The van der Waals surface area contributed by atoms with E-state index in [1.54, 1.807) is 6.20 Å². The third-order valence-corrected chi connectivity index (χ3v) is 7.01. The van der Waals surface area contributed by atoms with Gasteiger partial charge in [0.2, 0.25) is 0 Å². The molecule has 4 atom stereocenters. The number of aliphatic hydroxyl groups excluding tert-OH is 3. The maximum absolute atomic E-state index is 10.7. The number of aryl methyl sites for hydroxylation is 2. The van der Waals surface area contributed by atoms with Gasteiger partial charge < -0.3 is 25.1 Å². The van der Waals surface area contributed by atoms with Crippen LogP contribution in [0, 0.1) is 18.3 Å². The van der Waals surface area contributed by atoms with Crippen LogP contribution in [0.2, 0.25) is 0 Å². The standard InChI is InChI=1S/C28H40N4O4/c1-15-23(19-11-16-12-21(28(5,6)7)29-13-20(16)36-19)26(32-22(30-15)8-9-27(2,3)4)31-18-10-17(14-33)24(34)25(18)35/h11-13,17-18,24-25,33-35H,8-10,14H2,1-7H3,(H,30,31,32)/t17-,18-,24-,25+/m1/s1. The second kappa shape index (κ2) is 9.72. The molecule has 0 unspecified atom stereocenters. The summed E-state index contributed by atoms with van der Waals surface area (Å²) in [6, 6.07) is 3.57. The van der Waals surface area contributed by atoms with E-state index in [-0.39, 0.29) is 17.4 Å². The number of aromatic nitrogens is 3. The summed E-state index contributed by atoms with van der Waals surface area (Å²) in [7, 11) is 0. The molecule has 4 rings (SSSR count). The van der Waals surface area contributed by atoms with Crippen LogP contribution in [0.4, 0.5) is 5.82 Å². The second-order valence-electron chi connectivity index (χ2n) is 12.4. The van der Waals surface area contributed by atoms with Crippen LogP contribution in [0.1, 0.15) is 71.6 Å². The maximum atomic E-state index is 10.7. The molecular weight excluding hydrogens is 456 g/mol. The molecule has 196 valence electrons. The number of nitrogens with one attached hydrogen (secondary N) is 1. The molecule has 3 aromatic rings. The minimum atomic E-state index is -1.02. The van der Waals surface area contributed by atoms with Gasteiger partial charge in [-0.3, -0.25) is 4.98 Å². The molecular formula is C28H40N4O4. The predicted molar refractivity (Wildman–Crippen MR) is 141 cm³/mol. The first-order chi connectivity index (χ1) is 16.8. The molecule has 8 nitrogen and oxygen atoms in total. The van der Waals surface area contributed by atoms with Gasteiger partial charge in [-0.2, -0.15) is 0 Å². The first-order valence-corrected chi connectivity index (χ1v) is 12.8. The highest BCUT2D eigenvalue weighted by molar-refractivity contribution is 5.86. The Hall–Kier alpha value is -2.55. The van der Waals surface area contributed by atoms with Crippen LogP contribution in [0.25, 0.3) is 22.3 Å². The highest BCUT2D eigenvalue weighted by Gasteiger charge is 2.41. The smallest absolute Gasteiger partial charge is 0.153 e. The number of fused-ring (bicyclic) bond motifs is 1. The van der Waals surface area contributed by atoms with E-state index in [0.29, 0.717) is 35.8 Å². The van der Waals surface area contributed by atoms with Crippen molar-refractivity contribution in [1.82, 2.24) is 15.0 Å². The van der Waals surface area contributed by atoms with Crippen molar-refractivity contribution < 1.29 is 19.7 Å². The molecule has 8 heteroatoms. The topological polar surface area (TPSA) is 125 Å². The Morgan fingerprint density at radius 2 is 1.78 bits per heavy atom. The van der Waals surface area contributed by atoms with Crippen molar-refractivity contribution in [3.8, 4) is 11.3 Å². The van der Waals surface area contributed by atoms with Crippen molar-refractivity contribution in [2.24, 2.45) is 11.3 Å². The van der Waals surface area contributed by atoms with Crippen molar-refractivity contribution in [3.63, 3.8) is 0 Å². The number of hydrogen-bond donors (Lipinski definition) is 4. The second-order valence-corrected chi connectivity index (χ2v) is 12.4. The van der Waals surface area contributed by atoms with Crippen molar-refractivity contribution in [2.75, 3.05) is 11.9 Å². The van der Waals surface area contributed by atoms with Gasteiger partial charge in [0.15, 0.2) is 5.58 Å². The minimum absolute atomic E-state index is 0.0885. The van der Waals surface area contributed by atoms with Gasteiger partial charge in [0, 0.05) is 35.4 Å². The van der Waals surface area contributed by atoms with Crippen molar-refractivity contribution in [3.05, 3.63) is 35.5 Å². The number of hydrogen-bond acceptors (Lipinski definition) is 8. The largest absolute Gasteiger partial charge is 0.454 e. The molecule has 1 aliphatic carbocycles.